The minimum Gasteiger partial charge on any atom is -0.483 e. The van der Waals surface area contributed by atoms with Crippen molar-refractivity contribution in [3.8, 4) is 5.75 Å². The number of hydrazine groups is 1. The van der Waals surface area contributed by atoms with Gasteiger partial charge in [0.05, 0.1) is 4.90 Å². The van der Waals surface area contributed by atoms with Crippen LogP contribution < -0.4 is 15.0 Å². The van der Waals surface area contributed by atoms with Crippen LogP contribution in [0.3, 0.4) is 0 Å². The van der Waals surface area contributed by atoms with Crippen LogP contribution in [0.1, 0.15) is 16.7 Å². The summed E-state index contributed by atoms with van der Waals surface area (Å²) < 4.78 is 30.0. The van der Waals surface area contributed by atoms with Crippen molar-refractivity contribution in [1.82, 2.24) is 10.3 Å². The monoisotopic (exact) mass is 382 g/mol. The van der Waals surface area contributed by atoms with Gasteiger partial charge in [-0.15, -0.1) is 4.83 Å². The summed E-state index contributed by atoms with van der Waals surface area (Å²) in [6, 6.07) is 10.1. The maximum atomic E-state index is 12.3. The number of rotatable bonds is 6. The fourth-order valence-corrected chi connectivity index (χ4v) is 3.55. The van der Waals surface area contributed by atoms with Gasteiger partial charge in [-0.25, -0.2) is 8.42 Å². The molecule has 0 heterocycles. The Kier molecular flexibility index (Phi) is 6.05. The maximum Gasteiger partial charge on any atom is 0.272 e. The van der Waals surface area contributed by atoms with Crippen LogP contribution in [-0.4, -0.2) is 20.9 Å². The topological polar surface area (TPSA) is 84.5 Å². The summed E-state index contributed by atoms with van der Waals surface area (Å²) in [5.74, 6) is -0.125. The van der Waals surface area contributed by atoms with Crippen LogP contribution >= 0.6 is 11.6 Å². The molecule has 0 spiro atoms. The van der Waals surface area contributed by atoms with Crippen molar-refractivity contribution < 1.29 is 17.9 Å². The minimum absolute atomic E-state index is 0.113. The van der Waals surface area contributed by atoms with Gasteiger partial charge in [0.25, 0.3) is 15.9 Å². The van der Waals surface area contributed by atoms with Gasteiger partial charge in [-0.2, -0.15) is 0 Å². The first kappa shape index (κ1) is 19.2. The van der Waals surface area contributed by atoms with Crippen molar-refractivity contribution >= 4 is 27.5 Å². The molecule has 2 N–H and O–H groups in total. The number of nitrogens with one attached hydrogen (secondary N) is 2. The Morgan fingerprint density at radius 3 is 2.48 bits per heavy atom. The van der Waals surface area contributed by atoms with E-state index in [-0.39, 0.29) is 11.5 Å². The van der Waals surface area contributed by atoms with E-state index in [4.69, 9.17) is 16.3 Å². The Labute approximate surface area is 152 Å². The number of aryl methyl sites for hydroxylation is 3. The fourth-order valence-electron chi connectivity index (χ4n) is 2.13. The Balaban J connectivity index is 1.96. The Bertz CT molecular complexity index is 898. The Hall–Kier alpha value is -2.09. The average Bonchev–Trinajstić information content (AvgIpc) is 2.54. The molecule has 6 nitrogen and oxygen atoms in total. The van der Waals surface area contributed by atoms with Gasteiger partial charge in [0.2, 0.25) is 0 Å². The summed E-state index contributed by atoms with van der Waals surface area (Å²) in [5, 5.41) is 0.565. The molecule has 2 rings (SSSR count). The van der Waals surface area contributed by atoms with Crippen molar-refractivity contribution in [2.24, 2.45) is 0 Å². The van der Waals surface area contributed by atoms with E-state index < -0.39 is 15.9 Å². The highest BCUT2D eigenvalue weighted by Gasteiger charge is 2.18. The molecule has 2 aromatic carbocycles. The van der Waals surface area contributed by atoms with Gasteiger partial charge in [-0.05, 0) is 61.7 Å². The molecule has 25 heavy (non-hydrogen) atoms. The summed E-state index contributed by atoms with van der Waals surface area (Å²) in [5.41, 5.74) is 4.30. The number of halogens is 1. The molecular weight excluding hydrogens is 364 g/mol. The molecule has 0 aromatic heterocycles. The molecule has 0 aliphatic rings. The second-order valence-corrected chi connectivity index (χ2v) is 7.71. The minimum atomic E-state index is -3.86. The van der Waals surface area contributed by atoms with E-state index in [0.717, 1.165) is 11.1 Å². The lowest BCUT2D eigenvalue weighted by atomic mass is 10.2. The van der Waals surface area contributed by atoms with E-state index in [9.17, 15) is 13.2 Å². The van der Waals surface area contributed by atoms with Gasteiger partial charge < -0.3 is 4.74 Å². The first-order valence-corrected chi connectivity index (χ1v) is 9.32. The van der Waals surface area contributed by atoms with E-state index in [1.54, 1.807) is 45.0 Å². The zero-order valence-corrected chi connectivity index (χ0v) is 15.7. The predicted octanol–water partition coefficient (Wildman–Crippen LogP) is 2.65. The molecule has 0 bridgehead atoms. The first-order chi connectivity index (χ1) is 11.7. The summed E-state index contributed by atoms with van der Waals surface area (Å²) in [4.78, 5) is 14.0. The number of carbonyl (C=O) groups excluding carboxylic acids is 1. The summed E-state index contributed by atoms with van der Waals surface area (Å²) in [6.07, 6.45) is 0. The highest BCUT2D eigenvalue weighted by atomic mass is 35.5. The number of carbonyl (C=O) groups is 1. The normalized spacial score (nSPS) is 11.2. The van der Waals surface area contributed by atoms with Crippen LogP contribution in [0, 0.1) is 20.8 Å². The number of hydrogen-bond acceptors (Lipinski definition) is 4. The van der Waals surface area contributed by atoms with Crippen molar-refractivity contribution in [2.75, 3.05) is 6.61 Å². The van der Waals surface area contributed by atoms with Gasteiger partial charge in [0.15, 0.2) is 6.61 Å². The van der Waals surface area contributed by atoms with E-state index in [1.807, 2.05) is 6.07 Å². The van der Waals surface area contributed by atoms with Crippen LogP contribution in [0.25, 0.3) is 0 Å². The largest absolute Gasteiger partial charge is 0.483 e. The van der Waals surface area contributed by atoms with E-state index >= 15 is 0 Å². The predicted molar refractivity (Wildman–Crippen MR) is 96.1 cm³/mol. The Morgan fingerprint density at radius 2 is 1.80 bits per heavy atom. The van der Waals surface area contributed by atoms with Gasteiger partial charge in [-0.1, -0.05) is 23.7 Å². The van der Waals surface area contributed by atoms with Crippen LogP contribution in [0.4, 0.5) is 0 Å². The SMILES string of the molecule is Cc1ccc(C)c(S(=O)(=O)NNC(=O)COc2ccc(Cl)cc2C)c1. The van der Waals surface area contributed by atoms with Crippen molar-refractivity contribution in [3.63, 3.8) is 0 Å². The van der Waals surface area contributed by atoms with Gasteiger partial charge in [0.1, 0.15) is 5.75 Å². The third kappa shape index (κ3) is 5.19. The summed E-state index contributed by atoms with van der Waals surface area (Å²) >= 11 is 5.85. The Morgan fingerprint density at radius 1 is 1.08 bits per heavy atom. The zero-order chi connectivity index (χ0) is 18.6. The van der Waals surface area contributed by atoms with E-state index in [0.29, 0.717) is 16.3 Å². The third-order valence-electron chi connectivity index (χ3n) is 3.45. The van der Waals surface area contributed by atoms with Gasteiger partial charge >= 0.3 is 0 Å². The average molecular weight is 383 g/mol. The van der Waals surface area contributed by atoms with Crippen LogP contribution in [0.2, 0.25) is 5.02 Å². The quantitative estimate of drug-likeness (QED) is 0.752. The standard InChI is InChI=1S/C17H19ClN2O4S/c1-11-4-5-12(2)16(8-11)25(22,23)20-19-17(21)10-24-15-7-6-14(18)9-13(15)3/h4-9,20H,10H2,1-3H3,(H,19,21). The van der Waals surface area contributed by atoms with E-state index in [1.165, 1.54) is 6.07 Å². The van der Waals surface area contributed by atoms with Crippen LogP contribution in [-0.2, 0) is 14.8 Å². The lowest BCUT2D eigenvalue weighted by Crippen LogP contribution is -2.43. The molecule has 0 radical (unpaired) electrons. The zero-order valence-electron chi connectivity index (χ0n) is 14.1. The molecule has 0 saturated carbocycles. The third-order valence-corrected chi connectivity index (χ3v) is 5.08. The second-order valence-electron chi connectivity index (χ2n) is 5.62. The molecule has 0 aliphatic heterocycles. The smallest absolute Gasteiger partial charge is 0.272 e. The van der Waals surface area contributed by atoms with Crippen LogP contribution in [0.5, 0.6) is 5.75 Å². The number of hydrogen-bond donors (Lipinski definition) is 2. The van der Waals surface area contributed by atoms with Crippen molar-refractivity contribution in [1.29, 1.82) is 0 Å². The number of ether oxygens (including phenoxy) is 1. The van der Waals surface area contributed by atoms with E-state index in [2.05, 4.69) is 10.3 Å². The number of benzene rings is 2. The van der Waals surface area contributed by atoms with Gasteiger partial charge in [0, 0.05) is 5.02 Å². The molecular formula is C17H19ClN2O4S. The first-order valence-electron chi connectivity index (χ1n) is 7.46. The lowest BCUT2D eigenvalue weighted by molar-refractivity contribution is -0.123. The molecule has 1 amide bonds. The fraction of sp³-hybridized carbons (Fsp3) is 0.235. The second kappa shape index (κ2) is 7.86. The summed E-state index contributed by atoms with van der Waals surface area (Å²) in [7, 11) is -3.86. The molecule has 0 aliphatic carbocycles. The van der Waals surface area contributed by atoms with Crippen molar-refractivity contribution in [2.45, 2.75) is 25.7 Å². The molecule has 2 aromatic rings. The highest BCUT2D eigenvalue weighted by Crippen LogP contribution is 2.21. The lowest BCUT2D eigenvalue weighted by Gasteiger charge is -2.12. The molecule has 0 saturated heterocycles. The highest BCUT2D eigenvalue weighted by molar-refractivity contribution is 7.89. The van der Waals surface area contributed by atoms with Gasteiger partial charge in [-0.3, -0.25) is 10.2 Å². The van der Waals surface area contributed by atoms with Crippen LogP contribution in [0.15, 0.2) is 41.3 Å². The molecule has 0 fully saturated rings. The molecule has 134 valence electrons. The van der Waals surface area contributed by atoms with Crippen molar-refractivity contribution in [3.05, 3.63) is 58.1 Å². The summed E-state index contributed by atoms with van der Waals surface area (Å²) in [6.45, 7) is 4.93. The number of amides is 1. The molecule has 0 unspecified atom stereocenters. The maximum absolute atomic E-state index is 12.3. The molecule has 0 atom stereocenters. The number of sulfonamides is 1. The molecule has 8 heteroatoms.